The maximum atomic E-state index is 12.4. The molecule has 0 radical (unpaired) electrons. The van der Waals surface area contributed by atoms with Gasteiger partial charge in [0.1, 0.15) is 5.75 Å². The highest BCUT2D eigenvalue weighted by Gasteiger charge is 2.17. The fourth-order valence-corrected chi connectivity index (χ4v) is 2.25. The second kappa shape index (κ2) is 6.65. The van der Waals surface area contributed by atoms with E-state index in [1.165, 1.54) is 6.92 Å². The van der Waals surface area contributed by atoms with E-state index in [0.29, 0.717) is 16.9 Å². The van der Waals surface area contributed by atoms with Gasteiger partial charge in [-0.05, 0) is 62.2 Å². The predicted molar refractivity (Wildman–Crippen MR) is 91.6 cm³/mol. The quantitative estimate of drug-likeness (QED) is 0.489. The molecule has 4 heteroatoms. The van der Waals surface area contributed by atoms with Crippen molar-refractivity contribution in [3.63, 3.8) is 0 Å². The molecule has 0 aliphatic rings. The van der Waals surface area contributed by atoms with Crippen LogP contribution in [0, 0.1) is 13.8 Å². The Morgan fingerprint density at radius 3 is 2.09 bits per heavy atom. The molecule has 0 N–H and O–H groups in total. The zero-order valence-corrected chi connectivity index (χ0v) is 14.1. The van der Waals surface area contributed by atoms with Gasteiger partial charge in [0.15, 0.2) is 5.78 Å². The number of esters is 1. The largest absolute Gasteiger partial charge is 0.422 e. The van der Waals surface area contributed by atoms with Crippen molar-refractivity contribution in [3.05, 3.63) is 58.7 Å². The standard InChI is InChI=1S/C19H21NO3/c1-12-6-11-17(14(3)21)18(13(12)2)23-19(22)15-7-9-16(10-8-15)20(4)5/h6-11H,1-5H3. The maximum absolute atomic E-state index is 12.4. The predicted octanol–water partition coefficient (Wildman–Crippen LogP) is 3.79. The molecule has 0 aliphatic carbocycles. The maximum Gasteiger partial charge on any atom is 0.343 e. The third kappa shape index (κ3) is 3.59. The van der Waals surface area contributed by atoms with E-state index in [0.717, 1.165) is 16.8 Å². The van der Waals surface area contributed by atoms with Crippen molar-refractivity contribution in [3.8, 4) is 5.75 Å². The van der Waals surface area contributed by atoms with Crippen LogP contribution in [0.3, 0.4) is 0 Å². The average Bonchev–Trinajstić information content (AvgIpc) is 2.51. The Morgan fingerprint density at radius 2 is 1.57 bits per heavy atom. The average molecular weight is 311 g/mol. The summed E-state index contributed by atoms with van der Waals surface area (Å²) >= 11 is 0. The molecule has 4 nitrogen and oxygen atoms in total. The zero-order chi connectivity index (χ0) is 17.1. The number of benzene rings is 2. The summed E-state index contributed by atoms with van der Waals surface area (Å²) in [7, 11) is 3.87. The summed E-state index contributed by atoms with van der Waals surface area (Å²) in [4.78, 5) is 26.1. The summed E-state index contributed by atoms with van der Waals surface area (Å²) in [5.41, 5.74) is 3.65. The number of anilines is 1. The van der Waals surface area contributed by atoms with E-state index < -0.39 is 5.97 Å². The summed E-state index contributed by atoms with van der Waals surface area (Å²) in [5.74, 6) is -0.246. The molecule has 0 saturated heterocycles. The summed E-state index contributed by atoms with van der Waals surface area (Å²) < 4.78 is 5.53. The smallest absolute Gasteiger partial charge is 0.343 e. The van der Waals surface area contributed by atoms with Crippen molar-refractivity contribution < 1.29 is 14.3 Å². The second-order valence-electron chi connectivity index (χ2n) is 5.77. The van der Waals surface area contributed by atoms with E-state index in [4.69, 9.17) is 4.74 Å². The first-order chi connectivity index (χ1) is 10.8. The SMILES string of the molecule is CC(=O)c1ccc(C)c(C)c1OC(=O)c1ccc(N(C)C)cc1. The zero-order valence-electron chi connectivity index (χ0n) is 14.1. The number of hydrogen-bond acceptors (Lipinski definition) is 4. The van der Waals surface area contributed by atoms with Gasteiger partial charge in [-0.15, -0.1) is 0 Å². The van der Waals surface area contributed by atoms with Crippen LogP contribution in [-0.2, 0) is 0 Å². The molecule has 0 aliphatic heterocycles. The van der Waals surface area contributed by atoms with Gasteiger partial charge in [-0.25, -0.2) is 4.79 Å². The van der Waals surface area contributed by atoms with Crippen LogP contribution in [0.25, 0.3) is 0 Å². The van der Waals surface area contributed by atoms with E-state index in [9.17, 15) is 9.59 Å². The first-order valence-electron chi connectivity index (χ1n) is 7.42. The first-order valence-corrected chi connectivity index (χ1v) is 7.42. The molecular weight excluding hydrogens is 290 g/mol. The summed E-state index contributed by atoms with van der Waals surface area (Å²) in [6.45, 7) is 5.23. The molecule has 2 rings (SSSR count). The number of carbonyl (C=O) groups is 2. The second-order valence-corrected chi connectivity index (χ2v) is 5.77. The molecule has 0 atom stereocenters. The van der Waals surface area contributed by atoms with E-state index >= 15 is 0 Å². The van der Waals surface area contributed by atoms with Crippen LogP contribution in [0.5, 0.6) is 5.75 Å². The van der Waals surface area contributed by atoms with E-state index in [-0.39, 0.29) is 5.78 Å². The van der Waals surface area contributed by atoms with E-state index in [1.807, 2.05) is 51.0 Å². The lowest BCUT2D eigenvalue weighted by Crippen LogP contribution is -2.13. The molecule has 120 valence electrons. The van der Waals surface area contributed by atoms with Crippen molar-refractivity contribution in [2.45, 2.75) is 20.8 Å². The Labute approximate surface area is 136 Å². The normalized spacial score (nSPS) is 10.3. The number of nitrogens with zero attached hydrogens (tertiary/aromatic N) is 1. The molecule has 0 fully saturated rings. The lowest BCUT2D eigenvalue weighted by molar-refractivity contribution is 0.0731. The lowest BCUT2D eigenvalue weighted by atomic mass is 10.0. The Hall–Kier alpha value is -2.62. The van der Waals surface area contributed by atoms with Crippen LogP contribution in [0.2, 0.25) is 0 Å². The molecule has 0 unspecified atom stereocenters. The van der Waals surface area contributed by atoms with Crippen LogP contribution in [-0.4, -0.2) is 25.8 Å². The third-order valence-electron chi connectivity index (χ3n) is 3.87. The molecule has 0 aromatic heterocycles. The molecule has 0 amide bonds. The van der Waals surface area contributed by atoms with Gasteiger partial charge in [0.05, 0.1) is 11.1 Å². The molecule has 2 aromatic rings. The van der Waals surface area contributed by atoms with Gasteiger partial charge in [-0.3, -0.25) is 4.79 Å². The number of ketones is 1. The monoisotopic (exact) mass is 311 g/mol. The molecular formula is C19H21NO3. The van der Waals surface area contributed by atoms with Crippen molar-refractivity contribution in [2.24, 2.45) is 0 Å². The Kier molecular flexibility index (Phi) is 4.84. The van der Waals surface area contributed by atoms with Gasteiger partial charge < -0.3 is 9.64 Å². The van der Waals surface area contributed by atoms with Crippen molar-refractivity contribution in [1.29, 1.82) is 0 Å². The van der Waals surface area contributed by atoms with Crippen LogP contribution < -0.4 is 9.64 Å². The highest BCUT2D eigenvalue weighted by Crippen LogP contribution is 2.28. The van der Waals surface area contributed by atoms with Gasteiger partial charge in [-0.1, -0.05) is 6.07 Å². The minimum Gasteiger partial charge on any atom is -0.422 e. The van der Waals surface area contributed by atoms with Gasteiger partial charge in [0, 0.05) is 19.8 Å². The highest BCUT2D eigenvalue weighted by atomic mass is 16.5. The summed E-state index contributed by atoms with van der Waals surface area (Å²) in [6, 6.07) is 10.7. The summed E-state index contributed by atoms with van der Waals surface area (Å²) in [6.07, 6.45) is 0. The van der Waals surface area contributed by atoms with E-state index in [1.54, 1.807) is 18.2 Å². The minimum absolute atomic E-state index is 0.126. The van der Waals surface area contributed by atoms with E-state index in [2.05, 4.69) is 0 Å². The number of Topliss-reactive ketones (excluding diaryl/α,β-unsaturated/α-hetero) is 1. The third-order valence-corrected chi connectivity index (χ3v) is 3.87. The summed E-state index contributed by atoms with van der Waals surface area (Å²) in [5, 5.41) is 0. The molecule has 0 bridgehead atoms. The fourth-order valence-electron chi connectivity index (χ4n) is 2.25. The van der Waals surface area contributed by atoms with Crippen LogP contribution in [0.15, 0.2) is 36.4 Å². The Morgan fingerprint density at radius 1 is 0.957 bits per heavy atom. The number of hydrogen-bond donors (Lipinski definition) is 0. The van der Waals surface area contributed by atoms with Crippen LogP contribution in [0.1, 0.15) is 38.8 Å². The van der Waals surface area contributed by atoms with Crippen molar-refractivity contribution in [1.82, 2.24) is 0 Å². The van der Waals surface area contributed by atoms with Crippen LogP contribution >= 0.6 is 0 Å². The Balaban J connectivity index is 2.33. The molecule has 0 saturated carbocycles. The minimum atomic E-state index is -0.466. The molecule has 0 spiro atoms. The van der Waals surface area contributed by atoms with Crippen molar-refractivity contribution in [2.75, 3.05) is 19.0 Å². The Bertz CT molecular complexity index is 746. The number of aryl methyl sites for hydroxylation is 1. The molecule has 0 heterocycles. The molecule has 23 heavy (non-hydrogen) atoms. The van der Waals surface area contributed by atoms with Gasteiger partial charge in [0.25, 0.3) is 0 Å². The molecule has 2 aromatic carbocycles. The van der Waals surface area contributed by atoms with Gasteiger partial charge >= 0.3 is 5.97 Å². The number of carbonyl (C=O) groups excluding carboxylic acids is 2. The van der Waals surface area contributed by atoms with Gasteiger partial charge in [0.2, 0.25) is 0 Å². The number of rotatable bonds is 4. The fraction of sp³-hybridized carbons (Fsp3) is 0.263. The van der Waals surface area contributed by atoms with Gasteiger partial charge in [-0.2, -0.15) is 0 Å². The lowest BCUT2D eigenvalue weighted by Gasteiger charge is -2.14. The van der Waals surface area contributed by atoms with Crippen LogP contribution in [0.4, 0.5) is 5.69 Å². The first kappa shape index (κ1) is 16.7. The van der Waals surface area contributed by atoms with Crippen molar-refractivity contribution >= 4 is 17.4 Å². The highest BCUT2D eigenvalue weighted by molar-refractivity contribution is 5.99. The topological polar surface area (TPSA) is 46.6 Å². The number of ether oxygens (including phenoxy) is 1.